The van der Waals surface area contributed by atoms with Crippen LogP contribution in [0.1, 0.15) is 30.4 Å². The normalized spacial score (nSPS) is 21.4. The molecule has 4 heterocycles. The van der Waals surface area contributed by atoms with Gasteiger partial charge in [-0.25, -0.2) is 8.42 Å². The second kappa shape index (κ2) is 7.34. The zero-order valence-corrected chi connectivity index (χ0v) is 18.8. The number of anilines is 2. The van der Waals surface area contributed by atoms with Gasteiger partial charge in [-0.05, 0) is 42.5 Å². The minimum absolute atomic E-state index is 0.0166. The number of hydrogen-bond donors (Lipinski definition) is 1. The number of piperidine rings is 1. The Morgan fingerprint density at radius 2 is 1.85 bits per heavy atom. The summed E-state index contributed by atoms with van der Waals surface area (Å²) in [7, 11) is -2.01. The molecule has 0 aliphatic carbocycles. The van der Waals surface area contributed by atoms with Gasteiger partial charge in [-0.2, -0.15) is 13.2 Å². The maximum absolute atomic E-state index is 14.0. The van der Waals surface area contributed by atoms with Crippen LogP contribution < -0.4 is 14.5 Å². The summed E-state index contributed by atoms with van der Waals surface area (Å²) in [5, 5.41) is 2.84. The lowest BCUT2D eigenvalue weighted by molar-refractivity contribution is -0.137. The number of fused-ring (bicyclic) bond motifs is 1. The van der Waals surface area contributed by atoms with Crippen LogP contribution >= 0.6 is 0 Å². The number of carbonyl (C=O) groups is 1. The first-order valence-electron chi connectivity index (χ1n) is 10.7. The molecule has 5 rings (SSSR count). The largest absolute Gasteiger partial charge is 0.419 e. The van der Waals surface area contributed by atoms with Gasteiger partial charge < -0.3 is 10.2 Å². The van der Waals surface area contributed by atoms with E-state index in [4.69, 9.17) is 0 Å². The first-order valence-corrected chi connectivity index (χ1v) is 12.3. The van der Waals surface area contributed by atoms with Gasteiger partial charge in [0, 0.05) is 44.6 Å². The fourth-order valence-electron chi connectivity index (χ4n) is 5.18. The van der Waals surface area contributed by atoms with Crippen LogP contribution in [0.4, 0.5) is 24.5 Å². The summed E-state index contributed by atoms with van der Waals surface area (Å²) in [6.45, 7) is 1.23. The molecular formula is C22H23F3N4O3S. The van der Waals surface area contributed by atoms with Gasteiger partial charge in [-0.3, -0.25) is 14.1 Å². The number of nitrogens with zero attached hydrogens (tertiary/aromatic N) is 3. The van der Waals surface area contributed by atoms with E-state index >= 15 is 0 Å². The fraction of sp³-hybridized carbons (Fsp3) is 0.455. The molecule has 2 saturated heterocycles. The molecule has 3 aliphatic rings. The summed E-state index contributed by atoms with van der Waals surface area (Å²) in [5.41, 5.74) is 0.523. The van der Waals surface area contributed by atoms with Gasteiger partial charge in [-0.1, -0.05) is 6.07 Å². The standard InChI is InChI=1S/C22H23F3N4O3S/c1-28-18-3-2-14(10-15(18)13-33(28,31)32)16-11-26-12-17(22(23,24)25)19(16)29-8-5-21(6-9-29)4-7-27-20(21)30/h2-3,10-12H,4-9,13H2,1H3,(H,27,30). The summed E-state index contributed by atoms with van der Waals surface area (Å²) < 4.78 is 67.7. The van der Waals surface area contributed by atoms with Crippen LogP contribution in [-0.2, 0) is 26.7 Å². The topological polar surface area (TPSA) is 82.6 Å². The Labute approximate surface area is 189 Å². The Bertz CT molecular complexity index is 1240. The Kier molecular flexibility index (Phi) is 4.89. The van der Waals surface area contributed by atoms with Crippen molar-refractivity contribution in [2.45, 2.75) is 31.2 Å². The molecule has 0 bridgehead atoms. The molecule has 33 heavy (non-hydrogen) atoms. The number of rotatable bonds is 2. The molecule has 0 unspecified atom stereocenters. The van der Waals surface area contributed by atoms with Crippen LogP contribution in [0.3, 0.4) is 0 Å². The second-order valence-electron chi connectivity index (χ2n) is 8.92. The first kappa shape index (κ1) is 22.0. The second-order valence-corrected chi connectivity index (χ2v) is 10.9. The number of amides is 1. The third-order valence-corrected chi connectivity index (χ3v) is 8.82. The zero-order chi connectivity index (χ0) is 23.6. The van der Waals surface area contributed by atoms with Gasteiger partial charge in [0.15, 0.2) is 0 Å². The minimum Gasteiger partial charge on any atom is -0.370 e. The maximum Gasteiger partial charge on any atom is 0.419 e. The molecular weight excluding hydrogens is 457 g/mol. The van der Waals surface area contributed by atoms with Gasteiger partial charge in [-0.15, -0.1) is 0 Å². The fourth-order valence-corrected chi connectivity index (χ4v) is 6.48. The summed E-state index contributed by atoms with van der Waals surface area (Å²) in [6, 6.07) is 4.88. The summed E-state index contributed by atoms with van der Waals surface area (Å²) >= 11 is 0. The van der Waals surface area contributed by atoms with Crippen molar-refractivity contribution in [3.8, 4) is 11.1 Å². The van der Waals surface area contributed by atoms with Crippen molar-refractivity contribution in [2.24, 2.45) is 5.41 Å². The summed E-state index contributed by atoms with van der Waals surface area (Å²) in [5.74, 6) is -0.215. The number of nitrogens with one attached hydrogen (secondary N) is 1. The van der Waals surface area contributed by atoms with Crippen molar-refractivity contribution in [3.63, 3.8) is 0 Å². The van der Waals surface area contributed by atoms with Gasteiger partial charge in [0.25, 0.3) is 0 Å². The SMILES string of the molecule is CN1c2ccc(-c3cncc(C(F)(F)F)c3N3CCC4(CCNC4=O)CC3)cc2CS1(=O)=O. The Hall–Kier alpha value is -2.82. The Morgan fingerprint density at radius 1 is 1.12 bits per heavy atom. The monoisotopic (exact) mass is 480 g/mol. The highest BCUT2D eigenvalue weighted by molar-refractivity contribution is 7.92. The number of halogens is 3. The van der Waals surface area contributed by atoms with Crippen molar-refractivity contribution in [3.05, 3.63) is 41.7 Å². The Morgan fingerprint density at radius 3 is 2.48 bits per heavy atom. The maximum atomic E-state index is 14.0. The number of aromatic nitrogens is 1. The van der Waals surface area contributed by atoms with Crippen molar-refractivity contribution < 1.29 is 26.4 Å². The predicted octanol–water partition coefficient (Wildman–Crippen LogP) is 3.15. The van der Waals surface area contributed by atoms with Crippen LogP contribution in [0.5, 0.6) is 0 Å². The highest BCUT2D eigenvalue weighted by Crippen LogP contribution is 2.46. The van der Waals surface area contributed by atoms with Gasteiger partial charge >= 0.3 is 6.18 Å². The van der Waals surface area contributed by atoms with Gasteiger partial charge in [0.2, 0.25) is 15.9 Å². The molecule has 2 fully saturated rings. The van der Waals surface area contributed by atoms with E-state index in [2.05, 4.69) is 10.3 Å². The third-order valence-electron chi connectivity index (χ3n) is 7.12. The molecule has 1 aromatic carbocycles. The van der Waals surface area contributed by atoms with E-state index < -0.39 is 27.2 Å². The van der Waals surface area contributed by atoms with Crippen LogP contribution in [0.15, 0.2) is 30.6 Å². The smallest absolute Gasteiger partial charge is 0.370 e. The van der Waals surface area contributed by atoms with Crippen LogP contribution in [0, 0.1) is 5.41 Å². The lowest BCUT2D eigenvalue weighted by atomic mass is 9.77. The summed E-state index contributed by atoms with van der Waals surface area (Å²) in [6.07, 6.45) is -0.736. The number of alkyl halides is 3. The number of pyridine rings is 1. The first-order chi connectivity index (χ1) is 15.5. The highest BCUT2D eigenvalue weighted by atomic mass is 32.2. The molecule has 2 aromatic rings. The highest BCUT2D eigenvalue weighted by Gasteiger charge is 2.46. The van der Waals surface area contributed by atoms with E-state index in [0.717, 1.165) is 6.20 Å². The van der Waals surface area contributed by atoms with E-state index in [9.17, 15) is 26.4 Å². The molecule has 7 nitrogen and oxygen atoms in total. The molecule has 1 spiro atoms. The van der Waals surface area contributed by atoms with Crippen LogP contribution in [0.2, 0.25) is 0 Å². The lowest BCUT2D eigenvalue weighted by Gasteiger charge is -2.40. The van der Waals surface area contributed by atoms with E-state index in [-0.39, 0.29) is 17.3 Å². The molecule has 1 N–H and O–H groups in total. The number of benzene rings is 1. The number of sulfonamides is 1. The van der Waals surface area contributed by atoms with Crippen LogP contribution in [-0.4, -0.2) is 46.0 Å². The number of hydrogen-bond acceptors (Lipinski definition) is 5. The zero-order valence-electron chi connectivity index (χ0n) is 17.9. The molecule has 176 valence electrons. The predicted molar refractivity (Wildman–Crippen MR) is 117 cm³/mol. The van der Waals surface area contributed by atoms with Crippen molar-refractivity contribution in [1.82, 2.24) is 10.3 Å². The average molecular weight is 481 g/mol. The van der Waals surface area contributed by atoms with Crippen molar-refractivity contribution in [1.29, 1.82) is 0 Å². The molecule has 0 radical (unpaired) electrons. The quantitative estimate of drug-likeness (QED) is 0.714. The molecule has 3 aliphatic heterocycles. The average Bonchev–Trinajstić information content (AvgIpc) is 3.23. The van der Waals surface area contributed by atoms with E-state index in [1.165, 1.54) is 17.5 Å². The lowest BCUT2D eigenvalue weighted by Crippen LogP contribution is -2.44. The molecule has 11 heteroatoms. The van der Waals surface area contributed by atoms with E-state index in [1.807, 2.05) is 0 Å². The van der Waals surface area contributed by atoms with E-state index in [1.54, 1.807) is 23.1 Å². The van der Waals surface area contributed by atoms with Crippen molar-refractivity contribution in [2.75, 3.05) is 35.9 Å². The third kappa shape index (κ3) is 3.53. The minimum atomic E-state index is -4.61. The van der Waals surface area contributed by atoms with E-state index in [0.29, 0.717) is 61.3 Å². The number of carbonyl (C=O) groups excluding carboxylic acids is 1. The Balaban J connectivity index is 1.57. The van der Waals surface area contributed by atoms with Gasteiger partial charge in [0.1, 0.15) is 0 Å². The van der Waals surface area contributed by atoms with Gasteiger partial charge in [0.05, 0.1) is 28.1 Å². The van der Waals surface area contributed by atoms with Crippen LogP contribution in [0.25, 0.3) is 11.1 Å². The molecule has 1 aromatic heterocycles. The molecule has 0 atom stereocenters. The summed E-state index contributed by atoms with van der Waals surface area (Å²) in [4.78, 5) is 17.9. The molecule has 0 saturated carbocycles. The molecule has 1 amide bonds. The van der Waals surface area contributed by atoms with Crippen molar-refractivity contribution >= 4 is 27.3 Å².